The van der Waals surface area contributed by atoms with Crippen molar-refractivity contribution in [3.63, 3.8) is 0 Å². The maximum atomic E-state index is 13.0. The second kappa shape index (κ2) is 8.50. The van der Waals surface area contributed by atoms with E-state index in [0.29, 0.717) is 23.7 Å². The summed E-state index contributed by atoms with van der Waals surface area (Å²) in [6.07, 6.45) is 0.819. The van der Waals surface area contributed by atoms with Gasteiger partial charge in [0.1, 0.15) is 0 Å². The summed E-state index contributed by atoms with van der Waals surface area (Å²) >= 11 is 6.06. The van der Waals surface area contributed by atoms with Crippen LogP contribution in [0.15, 0.2) is 84.9 Å². The molecule has 25 heavy (non-hydrogen) atoms. The molecule has 0 fully saturated rings. The molecule has 0 aliphatic carbocycles. The predicted molar refractivity (Wildman–Crippen MR) is 103 cm³/mol. The van der Waals surface area contributed by atoms with E-state index in [9.17, 15) is 4.79 Å². The third-order valence-corrected chi connectivity index (χ3v) is 4.32. The zero-order valence-electron chi connectivity index (χ0n) is 13.9. The first-order valence-electron chi connectivity index (χ1n) is 8.35. The first-order chi connectivity index (χ1) is 12.2. The normalized spacial score (nSPS) is 10.4. The minimum atomic E-state index is 0.00211. The lowest BCUT2D eigenvalue weighted by atomic mass is 10.1. The fourth-order valence-corrected chi connectivity index (χ4v) is 2.96. The average Bonchev–Trinajstić information content (AvgIpc) is 2.66. The van der Waals surface area contributed by atoms with Crippen LogP contribution in [-0.4, -0.2) is 17.4 Å². The van der Waals surface area contributed by atoms with Gasteiger partial charge in [-0.1, -0.05) is 78.3 Å². The highest BCUT2D eigenvalue weighted by atomic mass is 35.5. The largest absolute Gasteiger partial charge is 0.334 e. The molecule has 0 aliphatic rings. The lowest BCUT2D eigenvalue weighted by Crippen LogP contribution is -2.32. The van der Waals surface area contributed by atoms with Crippen LogP contribution < -0.4 is 0 Å². The molecule has 0 heterocycles. The molecule has 0 bridgehead atoms. The molecule has 3 rings (SSSR count). The molecule has 0 saturated carbocycles. The van der Waals surface area contributed by atoms with E-state index in [4.69, 9.17) is 11.6 Å². The van der Waals surface area contributed by atoms with Gasteiger partial charge in [0.25, 0.3) is 5.91 Å². The van der Waals surface area contributed by atoms with E-state index in [0.717, 1.165) is 12.0 Å². The second-order valence-electron chi connectivity index (χ2n) is 5.96. The van der Waals surface area contributed by atoms with Gasteiger partial charge < -0.3 is 4.90 Å². The Bertz CT molecular complexity index is 818. The van der Waals surface area contributed by atoms with Gasteiger partial charge in [0.2, 0.25) is 0 Å². The topological polar surface area (TPSA) is 20.3 Å². The van der Waals surface area contributed by atoms with E-state index in [1.807, 2.05) is 65.6 Å². The van der Waals surface area contributed by atoms with Crippen LogP contribution >= 0.6 is 11.6 Å². The molecule has 3 aromatic rings. The van der Waals surface area contributed by atoms with E-state index >= 15 is 0 Å². The highest BCUT2D eigenvalue weighted by Gasteiger charge is 2.16. The molecule has 0 unspecified atom stereocenters. The quantitative estimate of drug-likeness (QED) is 0.597. The van der Waals surface area contributed by atoms with Gasteiger partial charge in [-0.15, -0.1) is 0 Å². The third kappa shape index (κ3) is 4.94. The third-order valence-electron chi connectivity index (χ3n) is 4.09. The van der Waals surface area contributed by atoms with Crippen molar-refractivity contribution >= 4 is 17.5 Å². The summed E-state index contributed by atoms with van der Waals surface area (Å²) in [5, 5.41) is 0.577. The molecule has 0 aliphatic heterocycles. The lowest BCUT2D eigenvalue weighted by Gasteiger charge is -2.23. The van der Waals surface area contributed by atoms with Crippen molar-refractivity contribution in [1.29, 1.82) is 0 Å². The minimum absolute atomic E-state index is 0.00211. The molecule has 126 valence electrons. The van der Waals surface area contributed by atoms with Crippen molar-refractivity contribution in [2.75, 3.05) is 6.54 Å². The van der Waals surface area contributed by atoms with Crippen molar-refractivity contribution in [2.45, 2.75) is 13.0 Å². The van der Waals surface area contributed by atoms with Gasteiger partial charge in [-0.2, -0.15) is 0 Å². The van der Waals surface area contributed by atoms with Gasteiger partial charge >= 0.3 is 0 Å². The summed E-state index contributed by atoms with van der Waals surface area (Å²) in [5.74, 6) is 0.00211. The predicted octanol–water partition coefficient (Wildman–Crippen LogP) is 5.23. The molecule has 0 atom stereocenters. The first kappa shape index (κ1) is 17.2. The van der Waals surface area contributed by atoms with Crippen LogP contribution in [0.2, 0.25) is 5.02 Å². The number of halogens is 1. The first-order valence-corrected chi connectivity index (χ1v) is 8.73. The van der Waals surface area contributed by atoms with Crippen LogP contribution in [0.25, 0.3) is 0 Å². The Hall–Kier alpha value is -2.58. The summed E-state index contributed by atoms with van der Waals surface area (Å²) in [7, 11) is 0. The maximum absolute atomic E-state index is 13.0. The van der Waals surface area contributed by atoms with Gasteiger partial charge in [0.15, 0.2) is 0 Å². The molecule has 3 heteroatoms. The maximum Gasteiger partial charge on any atom is 0.254 e. The van der Waals surface area contributed by atoms with Crippen molar-refractivity contribution in [2.24, 2.45) is 0 Å². The van der Waals surface area contributed by atoms with E-state index in [1.54, 1.807) is 12.1 Å². The Labute approximate surface area is 153 Å². The number of nitrogens with zero attached hydrogens (tertiary/aromatic N) is 1. The lowest BCUT2D eigenvalue weighted by molar-refractivity contribution is 0.0745. The Morgan fingerprint density at radius 3 is 2.08 bits per heavy atom. The molecular formula is C22H20ClNO. The number of amides is 1. The second-order valence-corrected chi connectivity index (χ2v) is 6.39. The van der Waals surface area contributed by atoms with Crippen LogP contribution in [0.1, 0.15) is 21.5 Å². The van der Waals surface area contributed by atoms with Crippen molar-refractivity contribution in [1.82, 2.24) is 4.90 Å². The summed E-state index contributed by atoms with van der Waals surface area (Å²) < 4.78 is 0. The summed E-state index contributed by atoms with van der Waals surface area (Å²) in [4.78, 5) is 14.9. The Balaban J connectivity index is 1.79. The SMILES string of the molecule is O=C(c1cccc(Cl)c1)N(CCc1ccccc1)Cc1ccccc1. The number of rotatable bonds is 6. The summed E-state index contributed by atoms with van der Waals surface area (Å²) in [6, 6.07) is 27.4. The summed E-state index contributed by atoms with van der Waals surface area (Å²) in [6.45, 7) is 1.24. The molecule has 0 spiro atoms. The minimum Gasteiger partial charge on any atom is -0.334 e. The summed E-state index contributed by atoms with van der Waals surface area (Å²) in [5.41, 5.74) is 2.96. The van der Waals surface area contributed by atoms with Crippen LogP contribution in [0.5, 0.6) is 0 Å². The molecule has 0 radical (unpaired) electrons. The van der Waals surface area contributed by atoms with Gasteiger partial charge in [-0.05, 0) is 35.7 Å². The van der Waals surface area contributed by atoms with Crippen LogP contribution in [-0.2, 0) is 13.0 Å². The fraction of sp³-hybridized carbons (Fsp3) is 0.136. The van der Waals surface area contributed by atoms with Crippen LogP contribution in [0.3, 0.4) is 0 Å². The van der Waals surface area contributed by atoms with Gasteiger partial charge in [-0.25, -0.2) is 0 Å². The zero-order chi connectivity index (χ0) is 17.5. The number of benzene rings is 3. The number of hydrogen-bond acceptors (Lipinski definition) is 1. The standard InChI is InChI=1S/C22H20ClNO/c23-21-13-7-12-20(16-21)22(25)24(17-19-10-5-2-6-11-19)15-14-18-8-3-1-4-9-18/h1-13,16H,14-15,17H2. The van der Waals surface area contributed by atoms with Gasteiger partial charge in [-0.3, -0.25) is 4.79 Å². The van der Waals surface area contributed by atoms with Crippen molar-refractivity contribution in [3.8, 4) is 0 Å². The van der Waals surface area contributed by atoms with Crippen molar-refractivity contribution in [3.05, 3.63) is 107 Å². The Morgan fingerprint density at radius 2 is 1.44 bits per heavy atom. The van der Waals surface area contributed by atoms with Crippen LogP contribution in [0.4, 0.5) is 0 Å². The van der Waals surface area contributed by atoms with Crippen LogP contribution in [0, 0.1) is 0 Å². The molecule has 0 aromatic heterocycles. The molecular weight excluding hydrogens is 330 g/mol. The molecule has 3 aromatic carbocycles. The highest BCUT2D eigenvalue weighted by Crippen LogP contribution is 2.15. The number of hydrogen-bond donors (Lipinski definition) is 0. The van der Waals surface area contributed by atoms with E-state index < -0.39 is 0 Å². The van der Waals surface area contributed by atoms with E-state index in [2.05, 4.69) is 12.1 Å². The average molecular weight is 350 g/mol. The monoisotopic (exact) mass is 349 g/mol. The van der Waals surface area contributed by atoms with Crippen molar-refractivity contribution < 1.29 is 4.79 Å². The highest BCUT2D eigenvalue weighted by molar-refractivity contribution is 6.30. The van der Waals surface area contributed by atoms with Gasteiger partial charge in [0.05, 0.1) is 0 Å². The smallest absolute Gasteiger partial charge is 0.254 e. The number of carbonyl (C=O) groups excluding carboxylic acids is 1. The molecule has 0 saturated heterocycles. The fourth-order valence-electron chi connectivity index (χ4n) is 2.77. The van der Waals surface area contributed by atoms with Gasteiger partial charge in [0, 0.05) is 23.7 Å². The zero-order valence-corrected chi connectivity index (χ0v) is 14.7. The molecule has 1 amide bonds. The van der Waals surface area contributed by atoms with E-state index in [1.165, 1.54) is 5.56 Å². The number of carbonyl (C=O) groups is 1. The Morgan fingerprint density at radius 1 is 0.800 bits per heavy atom. The molecule has 0 N–H and O–H groups in total. The molecule has 2 nitrogen and oxygen atoms in total. The Kier molecular flexibility index (Phi) is 5.86. The van der Waals surface area contributed by atoms with E-state index in [-0.39, 0.29) is 5.91 Å².